The molecular formula is C21H14F3N3O3. The second-order valence-electron chi connectivity index (χ2n) is 6.69. The molecule has 30 heavy (non-hydrogen) atoms. The second-order valence-corrected chi connectivity index (χ2v) is 6.69. The lowest BCUT2D eigenvalue weighted by Crippen LogP contribution is -2.32. The van der Waals surface area contributed by atoms with Gasteiger partial charge in [0.2, 0.25) is 5.91 Å². The minimum Gasteiger partial charge on any atom is -0.325 e. The first kappa shape index (κ1) is 19.6. The summed E-state index contributed by atoms with van der Waals surface area (Å²) in [7, 11) is 0. The number of carbonyl (C=O) groups excluding carboxylic acids is 3. The Labute approximate surface area is 168 Å². The molecule has 0 saturated carbocycles. The van der Waals surface area contributed by atoms with Crippen LogP contribution in [0.2, 0.25) is 0 Å². The van der Waals surface area contributed by atoms with Crippen molar-refractivity contribution >= 4 is 34.3 Å². The molecule has 0 atom stereocenters. The molecular weight excluding hydrogens is 399 g/mol. The van der Waals surface area contributed by atoms with Crippen molar-refractivity contribution in [1.82, 2.24) is 9.88 Å². The van der Waals surface area contributed by atoms with E-state index in [0.29, 0.717) is 22.2 Å². The predicted molar refractivity (Wildman–Crippen MR) is 102 cm³/mol. The van der Waals surface area contributed by atoms with Crippen molar-refractivity contribution in [3.05, 3.63) is 71.4 Å². The molecule has 1 N–H and O–H groups in total. The number of anilines is 1. The molecule has 2 aromatic carbocycles. The fraction of sp³-hybridized carbons (Fsp3) is 0.143. The van der Waals surface area contributed by atoms with Gasteiger partial charge in [0.15, 0.2) is 0 Å². The Kier molecular flexibility index (Phi) is 4.73. The van der Waals surface area contributed by atoms with Crippen molar-refractivity contribution in [3.8, 4) is 0 Å². The minimum atomic E-state index is -4.50. The number of aromatic nitrogens is 1. The van der Waals surface area contributed by atoms with Crippen LogP contribution < -0.4 is 5.32 Å². The van der Waals surface area contributed by atoms with E-state index in [1.54, 1.807) is 24.3 Å². The van der Waals surface area contributed by atoms with E-state index in [1.807, 2.05) is 0 Å². The van der Waals surface area contributed by atoms with E-state index >= 15 is 0 Å². The number of hydrogen-bond donors (Lipinski definition) is 1. The molecule has 1 aliphatic rings. The van der Waals surface area contributed by atoms with Gasteiger partial charge in [0.05, 0.1) is 27.9 Å². The zero-order valence-electron chi connectivity index (χ0n) is 15.4. The molecule has 0 bridgehead atoms. The van der Waals surface area contributed by atoms with E-state index < -0.39 is 29.5 Å². The predicted octanol–water partition coefficient (Wildman–Crippen LogP) is 3.88. The van der Waals surface area contributed by atoms with Gasteiger partial charge in [-0.3, -0.25) is 24.3 Å². The van der Waals surface area contributed by atoms with E-state index in [-0.39, 0.29) is 18.5 Å². The summed E-state index contributed by atoms with van der Waals surface area (Å²) in [4.78, 5) is 42.0. The Hall–Kier alpha value is -3.75. The van der Waals surface area contributed by atoms with E-state index in [4.69, 9.17) is 0 Å². The lowest BCUT2D eigenvalue weighted by atomic mass is 10.1. The average Bonchev–Trinajstić information content (AvgIpc) is 2.96. The van der Waals surface area contributed by atoms with Gasteiger partial charge in [-0.2, -0.15) is 13.2 Å². The molecule has 0 aliphatic carbocycles. The standard InChI is InChI=1S/C21H14F3N3O3/c22-21(23,24)12-5-6-15-16(7-9-25-17(15)11-12)26-18(28)8-10-27-19(29)13-3-1-2-4-14(13)20(27)30/h1-7,9,11H,8,10H2,(H,25,26,28). The van der Waals surface area contributed by atoms with Crippen LogP contribution in [0.5, 0.6) is 0 Å². The first-order valence-electron chi connectivity index (χ1n) is 8.97. The SMILES string of the molecule is O=C(CCN1C(=O)c2ccccc2C1=O)Nc1ccnc2cc(C(F)(F)F)ccc12. The number of pyridine rings is 1. The van der Waals surface area contributed by atoms with Gasteiger partial charge in [0, 0.05) is 24.5 Å². The van der Waals surface area contributed by atoms with Gasteiger partial charge in [0.1, 0.15) is 0 Å². The summed E-state index contributed by atoms with van der Waals surface area (Å²) in [5, 5.41) is 2.96. The third-order valence-corrected chi connectivity index (χ3v) is 4.78. The lowest BCUT2D eigenvalue weighted by molar-refractivity contribution is -0.137. The summed E-state index contributed by atoms with van der Waals surface area (Å²) in [5.41, 5.74) is 0.132. The van der Waals surface area contributed by atoms with E-state index in [9.17, 15) is 27.6 Å². The fourth-order valence-electron chi connectivity index (χ4n) is 3.30. The van der Waals surface area contributed by atoms with Crippen molar-refractivity contribution in [2.24, 2.45) is 0 Å². The molecule has 4 rings (SSSR count). The molecule has 152 valence electrons. The molecule has 1 aromatic heterocycles. The summed E-state index contributed by atoms with van der Waals surface area (Å²) in [6.07, 6.45) is -3.36. The maximum atomic E-state index is 12.9. The highest BCUT2D eigenvalue weighted by Gasteiger charge is 2.35. The zero-order valence-corrected chi connectivity index (χ0v) is 15.4. The van der Waals surface area contributed by atoms with Gasteiger partial charge >= 0.3 is 6.18 Å². The number of nitrogens with one attached hydrogen (secondary N) is 1. The third kappa shape index (κ3) is 3.49. The number of nitrogens with zero attached hydrogens (tertiary/aromatic N) is 2. The quantitative estimate of drug-likeness (QED) is 0.659. The molecule has 0 radical (unpaired) electrons. The number of rotatable bonds is 4. The Morgan fingerprint density at radius 2 is 1.67 bits per heavy atom. The van der Waals surface area contributed by atoms with Gasteiger partial charge in [-0.15, -0.1) is 0 Å². The van der Waals surface area contributed by atoms with Crippen molar-refractivity contribution in [1.29, 1.82) is 0 Å². The summed E-state index contributed by atoms with van der Waals surface area (Å²) in [5.74, 6) is -1.41. The van der Waals surface area contributed by atoms with Crippen LogP contribution in [0.15, 0.2) is 54.7 Å². The van der Waals surface area contributed by atoms with Gasteiger partial charge in [-0.1, -0.05) is 18.2 Å². The van der Waals surface area contributed by atoms with Crippen LogP contribution in [-0.4, -0.2) is 34.2 Å². The third-order valence-electron chi connectivity index (χ3n) is 4.78. The highest BCUT2D eigenvalue weighted by atomic mass is 19.4. The van der Waals surface area contributed by atoms with Crippen LogP contribution in [0.3, 0.4) is 0 Å². The Morgan fingerprint density at radius 1 is 1.00 bits per heavy atom. The van der Waals surface area contributed by atoms with Crippen molar-refractivity contribution < 1.29 is 27.6 Å². The van der Waals surface area contributed by atoms with Crippen molar-refractivity contribution in [2.75, 3.05) is 11.9 Å². The topological polar surface area (TPSA) is 79.4 Å². The van der Waals surface area contributed by atoms with Crippen molar-refractivity contribution in [3.63, 3.8) is 0 Å². The molecule has 1 aliphatic heterocycles. The van der Waals surface area contributed by atoms with E-state index in [0.717, 1.165) is 17.0 Å². The zero-order chi connectivity index (χ0) is 21.5. The van der Waals surface area contributed by atoms with Crippen LogP contribution >= 0.6 is 0 Å². The molecule has 0 spiro atoms. The van der Waals surface area contributed by atoms with Gasteiger partial charge < -0.3 is 5.32 Å². The monoisotopic (exact) mass is 413 g/mol. The van der Waals surface area contributed by atoms with Gasteiger partial charge in [-0.25, -0.2) is 0 Å². The number of halogens is 3. The van der Waals surface area contributed by atoms with Crippen LogP contribution in [-0.2, 0) is 11.0 Å². The highest BCUT2D eigenvalue weighted by molar-refractivity contribution is 6.21. The molecule has 3 aromatic rings. The molecule has 0 fully saturated rings. The number of carbonyl (C=O) groups is 3. The number of imide groups is 1. The minimum absolute atomic E-state index is 0.0861. The van der Waals surface area contributed by atoms with E-state index in [2.05, 4.69) is 10.3 Å². The lowest BCUT2D eigenvalue weighted by Gasteiger charge is -2.14. The molecule has 9 heteroatoms. The number of hydrogen-bond acceptors (Lipinski definition) is 4. The molecule has 0 saturated heterocycles. The smallest absolute Gasteiger partial charge is 0.325 e. The summed E-state index contributed by atoms with van der Waals surface area (Å²) < 4.78 is 38.6. The second kappa shape index (κ2) is 7.25. The molecule has 6 nitrogen and oxygen atoms in total. The normalized spacial score (nSPS) is 13.6. The van der Waals surface area contributed by atoms with Crippen LogP contribution in [0.1, 0.15) is 32.7 Å². The first-order valence-corrected chi connectivity index (χ1v) is 8.97. The summed E-state index contributed by atoms with van der Waals surface area (Å²) in [6.45, 7) is -0.112. The Bertz CT molecular complexity index is 1160. The Morgan fingerprint density at radius 3 is 2.30 bits per heavy atom. The molecule has 3 amide bonds. The van der Waals surface area contributed by atoms with Crippen molar-refractivity contribution in [2.45, 2.75) is 12.6 Å². The average molecular weight is 413 g/mol. The van der Waals surface area contributed by atoms with Gasteiger partial charge in [-0.05, 0) is 30.3 Å². The van der Waals surface area contributed by atoms with Crippen LogP contribution in [0.4, 0.5) is 18.9 Å². The number of amides is 3. The van der Waals surface area contributed by atoms with Gasteiger partial charge in [0.25, 0.3) is 11.8 Å². The summed E-state index contributed by atoms with van der Waals surface area (Å²) >= 11 is 0. The maximum absolute atomic E-state index is 12.9. The number of fused-ring (bicyclic) bond motifs is 2. The maximum Gasteiger partial charge on any atom is 0.416 e. The first-order chi connectivity index (χ1) is 14.3. The molecule has 0 unspecified atom stereocenters. The highest BCUT2D eigenvalue weighted by Crippen LogP contribution is 2.32. The summed E-state index contributed by atoms with van der Waals surface area (Å²) in [6, 6.07) is 10.9. The largest absolute Gasteiger partial charge is 0.416 e. The molecule has 2 heterocycles. The number of benzene rings is 2. The fourth-order valence-corrected chi connectivity index (χ4v) is 3.30. The van der Waals surface area contributed by atoms with Crippen LogP contribution in [0.25, 0.3) is 10.9 Å². The van der Waals surface area contributed by atoms with E-state index in [1.165, 1.54) is 18.3 Å². The van der Waals surface area contributed by atoms with Crippen LogP contribution in [0, 0.1) is 0 Å². The number of alkyl halides is 3. The Balaban J connectivity index is 1.47.